The molecule has 1 heterocycles. The minimum absolute atomic E-state index is 0.127. The molecule has 0 saturated carbocycles. The number of halogens is 3. The van der Waals surface area contributed by atoms with Gasteiger partial charge in [0.2, 0.25) is 0 Å². The van der Waals surface area contributed by atoms with Gasteiger partial charge < -0.3 is 15.3 Å². The topological polar surface area (TPSA) is 113 Å². The number of phenolic OH excluding ortho intramolecular Hbond substituents is 1. The predicted octanol–water partition coefficient (Wildman–Crippen LogP) is 7.23. The van der Waals surface area contributed by atoms with Crippen molar-refractivity contribution < 1.29 is 23.1 Å². The van der Waals surface area contributed by atoms with Crippen LogP contribution in [0.25, 0.3) is 0 Å². The Labute approximate surface area is 254 Å². The molecule has 0 bridgehead atoms. The Morgan fingerprint density at radius 1 is 1.30 bits per heavy atom. The lowest BCUT2D eigenvalue weighted by atomic mass is 9.89. The number of hydrogen-bond donors (Lipinski definition) is 3. The highest BCUT2D eigenvalue weighted by Gasteiger charge is 2.50. The first-order chi connectivity index (χ1) is 20.1. The van der Waals surface area contributed by atoms with Crippen LogP contribution in [0.4, 0.5) is 18.9 Å². The van der Waals surface area contributed by atoms with Crippen LogP contribution < -0.4 is 10.2 Å². The molecule has 43 heavy (non-hydrogen) atoms. The van der Waals surface area contributed by atoms with E-state index in [1.807, 2.05) is 6.92 Å². The first kappa shape index (κ1) is 33.2. The molecule has 0 radical (unpaired) electrons. The molecule has 0 amide bonds. The van der Waals surface area contributed by atoms with Crippen molar-refractivity contribution in [1.29, 1.82) is 10.7 Å². The molecule has 1 fully saturated rings. The van der Waals surface area contributed by atoms with Gasteiger partial charge in [0, 0.05) is 23.3 Å². The molecule has 0 aliphatic carbocycles. The maximum Gasteiger partial charge on any atom is 0.417 e. The molecule has 0 spiro atoms. The molecule has 7 nitrogen and oxygen atoms in total. The largest absolute Gasteiger partial charge is 0.507 e. The number of allylic oxidation sites excluding steroid dienone is 2. The summed E-state index contributed by atoms with van der Waals surface area (Å²) >= 11 is 5.73. The van der Waals surface area contributed by atoms with E-state index in [1.54, 1.807) is 56.2 Å². The number of amidine groups is 1. The SMILES string of the molecule is C=C(/C=C(C)/N=C/CCC)NC(=N)c1cc(N2C(=S)C(CCc3ccc(C#N)c(C(F)(F)F)c3)C(=O)C2(C)C)ccc1O. The number of ketones is 1. The highest BCUT2D eigenvalue weighted by Crippen LogP contribution is 2.40. The zero-order valence-electron chi connectivity index (χ0n) is 24.5. The number of anilines is 1. The number of nitrogens with one attached hydrogen (secondary N) is 2. The number of carbonyl (C=O) groups is 1. The number of unbranched alkanes of at least 4 members (excludes halogenated alkanes) is 1. The molecule has 3 N–H and O–H groups in total. The number of rotatable bonds is 10. The van der Waals surface area contributed by atoms with E-state index >= 15 is 0 Å². The minimum Gasteiger partial charge on any atom is -0.507 e. The molecule has 11 heteroatoms. The van der Waals surface area contributed by atoms with Gasteiger partial charge in [0.25, 0.3) is 0 Å². The van der Waals surface area contributed by atoms with E-state index in [0.717, 1.165) is 25.0 Å². The van der Waals surface area contributed by atoms with Gasteiger partial charge in [-0.15, -0.1) is 0 Å². The lowest BCUT2D eigenvalue weighted by Crippen LogP contribution is -2.44. The Morgan fingerprint density at radius 2 is 2.00 bits per heavy atom. The fourth-order valence-corrected chi connectivity index (χ4v) is 5.49. The van der Waals surface area contributed by atoms with Gasteiger partial charge in [-0.25, -0.2) is 0 Å². The van der Waals surface area contributed by atoms with Crippen molar-refractivity contribution in [2.24, 2.45) is 10.9 Å². The third-order valence-electron chi connectivity index (χ3n) is 7.12. The standard InChI is InChI=1S/C32H34F3N5O2S/c1-6-7-14-38-19(2)15-20(3)39-29(37)25-17-23(11-13-27(25)41)40-30(43)24(28(42)31(40,4)5)12-9-21-8-10-22(18-36)26(16-21)32(33,34)35/h8,10-11,13-17,24,41H,3,6-7,9,12H2,1-2,4-5H3,(H2,37,39)/b19-15+,38-14+. The number of hydrogen-bond acceptors (Lipinski definition) is 6. The lowest BCUT2D eigenvalue weighted by Gasteiger charge is -2.32. The highest BCUT2D eigenvalue weighted by atomic mass is 32.1. The van der Waals surface area contributed by atoms with Gasteiger partial charge >= 0.3 is 6.18 Å². The van der Waals surface area contributed by atoms with Crippen LogP contribution in [0.3, 0.4) is 0 Å². The molecule has 2 aromatic rings. The van der Waals surface area contributed by atoms with Gasteiger partial charge in [-0.2, -0.15) is 18.4 Å². The summed E-state index contributed by atoms with van der Waals surface area (Å²) in [7, 11) is 0. The summed E-state index contributed by atoms with van der Waals surface area (Å²) in [5, 5.41) is 31.0. The van der Waals surface area contributed by atoms with Gasteiger partial charge in [0.15, 0.2) is 5.78 Å². The summed E-state index contributed by atoms with van der Waals surface area (Å²) in [6.07, 6.45) is 0.932. The Morgan fingerprint density at radius 3 is 2.63 bits per heavy atom. The molecule has 1 unspecified atom stereocenters. The number of thiocarbonyl (C=S) groups is 1. The quantitative estimate of drug-likeness (QED) is 0.113. The van der Waals surface area contributed by atoms with Crippen molar-refractivity contribution in [2.75, 3.05) is 4.90 Å². The van der Waals surface area contributed by atoms with Gasteiger partial charge in [-0.05, 0) is 82.0 Å². The number of aromatic hydroxyl groups is 1. The maximum atomic E-state index is 13.5. The zero-order chi connectivity index (χ0) is 32.1. The number of alkyl halides is 3. The zero-order valence-corrected chi connectivity index (χ0v) is 25.3. The smallest absolute Gasteiger partial charge is 0.417 e. The number of aryl methyl sites for hydroxylation is 1. The number of aliphatic imine (C=N–C) groups is 1. The molecule has 1 atom stereocenters. The number of nitrogens with zero attached hydrogens (tertiary/aromatic N) is 3. The Hall–Kier alpha value is -4.30. The summed E-state index contributed by atoms with van der Waals surface area (Å²) < 4.78 is 40.3. The van der Waals surface area contributed by atoms with E-state index in [9.17, 15) is 23.1 Å². The molecule has 2 aromatic carbocycles. The number of nitriles is 1. The van der Waals surface area contributed by atoms with Crippen LogP contribution in [0.1, 0.15) is 69.2 Å². The van der Waals surface area contributed by atoms with Gasteiger partial charge in [0.05, 0.1) is 39.2 Å². The summed E-state index contributed by atoms with van der Waals surface area (Å²) in [5.74, 6) is -1.23. The van der Waals surface area contributed by atoms with Crippen LogP contribution in [0.2, 0.25) is 0 Å². The third kappa shape index (κ3) is 7.56. The van der Waals surface area contributed by atoms with Crippen molar-refractivity contribution in [3.05, 3.63) is 82.7 Å². The fourth-order valence-electron chi connectivity index (χ4n) is 4.93. The van der Waals surface area contributed by atoms with Crippen LogP contribution in [0.15, 0.2) is 65.4 Å². The molecule has 1 aliphatic rings. The molecule has 1 aliphatic heterocycles. The van der Waals surface area contributed by atoms with E-state index in [2.05, 4.69) is 16.9 Å². The van der Waals surface area contributed by atoms with Crippen molar-refractivity contribution in [2.45, 2.75) is 65.1 Å². The van der Waals surface area contributed by atoms with E-state index in [0.29, 0.717) is 27.6 Å². The monoisotopic (exact) mass is 609 g/mol. The summed E-state index contributed by atoms with van der Waals surface area (Å²) in [6.45, 7) is 11.2. The van der Waals surface area contributed by atoms with Gasteiger partial charge in [-0.1, -0.05) is 38.2 Å². The van der Waals surface area contributed by atoms with Crippen LogP contribution in [0.5, 0.6) is 5.75 Å². The Bertz CT molecular complexity index is 1550. The second-order valence-electron chi connectivity index (χ2n) is 10.8. The van der Waals surface area contributed by atoms with Gasteiger partial charge in [0.1, 0.15) is 11.6 Å². The molecule has 226 valence electrons. The fraction of sp³-hybridized carbons (Fsp3) is 0.344. The van der Waals surface area contributed by atoms with Crippen LogP contribution >= 0.6 is 12.2 Å². The molecular formula is C32H34F3N5O2S. The van der Waals surface area contributed by atoms with Crippen molar-refractivity contribution in [3.8, 4) is 11.8 Å². The molecule has 0 aromatic heterocycles. The van der Waals surface area contributed by atoms with E-state index < -0.39 is 28.8 Å². The second kappa shape index (κ2) is 13.3. The number of carbonyl (C=O) groups excluding carboxylic acids is 1. The summed E-state index contributed by atoms with van der Waals surface area (Å²) in [5.41, 5.74) is -0.506. The minimum atomic E-state index is -4.68. The van der Waals surface area contributed by atoms with Crippen molar-refractivity contribution >= 4 is 40.7 Å². The van der Waals surface area contributed by atoms with Crippen LogP contribution in [0, 0.1) is 22.7 Å². The molecule has 1 saturated heterocycles. The van der Waals surface area contributed by atoms with E-state index in [4.69, 9.17) is 22.9 Å². The van der Waals surface area contributed by atoms with Crippen molar-refractivity contribution in [1.82, 2.24) is 5.32 Å². The average Bonchev–Trinajstić information content (AvgIpc) is 3.09. The predicted molar refractivity (Wildman–Crippen MR) is 167 cm³/mol. The first-order valence-electron chi connectivity index (χ1n) is 13.7. The lowest BCUT2D eigenvalue weighted by molar-refractivity contribution is -0.137. The maximum absolute atomic E-state index is 13.5. The van der Waals surface area contributed by atoms with Crippen molar-refractivity contribution in [3.63, 3.8) is 0 Å². The first-order valence-corrected chi connectivity index (χ1v) is 14.1. The normalized spacial score (nSPS) is 16.9. The Kier molecular flexibility index (Phi) is 10.3. The van der Waals surface area contributed by atoms with Crippen LogP contribution in [-0.2, 0) is 17.4 Å². The summed E-state index contributed by atoms with van der Waals surface area (Å²) in [4.78, 5) is 19.8. The van der Waals surface area contributed by atoms with Gasteiger partial charge in [-0.3, -0.25) is 15.2 Å². The third-order valence-corrected chi connectivity index (χ3v) is 7.58. The second-order valence-corrected chi connectivity index (χ2v) is 11.2. The number of phenols is 1. The highest BCUT2D eigenvalue weighted by molar-refractivity contribution is 7.80. The van der Waals surface area contributed by atoms with E-state index in [1.165, 1.54) is 12.1 Å². The molecule has 3 rings (SSSR count). The molecular weight excluding hydrogens is 575 g/mol. The summed E-state index contributed by atoms with van der Waals surface area (Å²) in [6, 6.07) is 9.64. The Balaban J connectivity index is 1.83. The number of Topliss-reactive ketones (excluding diaryl/α,β-unsaturated/α-hetero) is 1. The van der Waals surface area contributed by atoms with E-state index in [-0.39, 0.29) is 35.8 Å². The number of benzene rings is 2. The average molecular weight is 610 g/mol. The van der Waals surface area contributed by atoms with Crippen LogP contribution in [-0.4, -0.2) is 33.5 Å².